The van der Waals surface area contributed by atoms with Crippen molar-refractivity contribution in [3.05, 3.63) is 105 Å². The first kappa shape index (κ1) is 27.1. The smallest absolute Gasteiger partial charge is 0.243 e. The lowest BCUT2D eigenvalue weighted by molar-refractivity contribution is -0.140. The average Bonchev–Trinajstić information content (AvgIpc) is 2.84. The van der Waals surface area contributed by atoms with Gasteiger partial charge in [0.2, 0.25) is 11.8 Å². The highest BCUT2D eigenvalue weighted by atomic mass is 35.5. The summed E-state index contributed by atoms with van der Waals surface area (Å²) in [6.07, 6.45) is 2.26. The number of hydrogen-bond acceptors (Lipinski definition) is 2. The average molecular weight is 532 g/mol. The molecule has 3 aromatic rings. The molecule has 0 bridgehead atoms. The van der Waals surface area contributed by atoms with Crippen molar-refractivity contribution in [1.82, 2.24) is 10.2 Å². The van der Waals surface area contributed by atoms with E-state index in [-0.39, 0.29) is 24.8 Å². The number of carbonyl (C=O) groups excluding carboxylic acids is 2. The molecule has 0 fully saturated rings. The van der Waals surface area contributed by atoms with E-state index in [0.717, 1.165) is 18.4 Å². The zero-order chi connectivity index (χ0) is 25.2. The number of nitrogens with zero attached hydrogens (tertiary/aromatic N) is 1. The minimum Gasteiger partial charge on any atom is -0.354 e. The van der Waals surface area contributed by atoms with Crippen LogP contribution in [0.15, 0.2) is 72.8 Å². The van der Waals surface area contributed by atoms with Crippen LogP contribution in [0, 0.1) is 0 Å². The number of carbonyl (C=O) groups is 2. The third kappa shape index (κ3) is 7.99. The molecular weight excluding hydrogens is 503 g/mol. The molecular formula is C28H29Cl3N2O2. The topological polar surface area (TPSA) is 49.4 Å². The Kier molecular flexibility index (Phi) is 10.5. The normalized spacial score (nSPS) is 11.7. The van der Waals surface area contributed by atoms with Crippen LogP contribution in [-0.2, 0) is 29.0 Å². The maximum atomic E-state index is 13.7. The quantitative estimate of drug-likeness (QED) is 0.278. The van der Waals surface area contributed by atoms with E-state index < -0.39 is 6.04 Å². The number of benzene rings is 3. The highest BCUT2D eigenvalue weighted by Crippen LogP contribution is 2.25. The molecule has 2 amide bonds. The molecule has 0 spiro atoms. The number of unbranched alkanes of at least 4 members (excludes halogenated alkanes) is 1. The largest absolute Gasteiger partial charge is 0.354 e. The van der Waals surface area contributed by atoms with Gasteiger partial charge in [-0.1, -0.05) is 103 Å². The van der Waals surface area contributed by atoms with E-state index in [1.807, 2.05) is 48.5 Å². The van der Waals surface area contributed by atoms with Gasteiger partial charge in [-0.25, -0.2) is 0 Å². The molecule has 0 aliphatic heterocycles. The lowest BCUT2D eigenvalue weighted by atomic mass is 10.0. The molecule has 1 atom stereocenters. The Labute approximate surface area is 222 Å². The molecule has 1 N–H and O–H groups in total. The lowest BCUT2D eigenvalue weighted by Crippen LogP contribution is -2.51. The van der Waals surface area contributed by atoms with Crippen LogP contribution in [0.4, 0.5) is 0 Å². The molecule has 0 aliphatic rings. The number of nitrogens with one attached hydrogen (secondary N) is 1. The Hall–Kier alpha value is -2.53. The summed E-state index contributed by atoms with van der Waals surface area (Å²) in [6.45, 7) is 2.78. The Bertz CT molecular complexity index is 1140. The molecule has 0 radical (unpaired) electrons. The van der Waals surface area contributed by atoms with Crippen LogP contribution in [-0.4, -0.2) is 29.3 Å². The van der Waals surface area contributed by atoms with Gasteiger partial charge in [-0.05, 0) is 41.3 Å². The first-order valence-electron chi connectivity index (χ1n) is 11.7. The van der Waals surface area contributed by atoms with Crippen molar-refractivity contribution < 1.29 is 9.59 Å². The molecule has 0 unspecified atom stereocenters. The van der Waals surface area contributed by atoms with E-state index in [1.54, 1.807) is 29.2 Å². The SMILES string of the molecule is CCCCNC(=O)[C@H](Cc1ccccc1)N(Cc1ccc(Cl)cc1Cl)C(=O)Cc1ccccc1Cl. The first-order valence-corrected chi connectivity index (χ1v) is 12.8. The van der Waals surface area contributed by atoms with Crippen molar-refractivity contribution in [3.8, 4) is 0 Å². The minimum atomic E-state index is -0.726. The molecule has 0 saturated carbocycles. The fourth-order valence-corrected chi connectivity index (χ4v) is 4.47. The fourth-order valence-electron chi connectivity index (χ4n) is 3.80. The minimum absolute atomic E-state index is 0.0679. The van der Waals surface area contributed by atoms with Crippen LogP contribution >= 0.6 is 34.8 Å². The van der Waals surface area contributed by atoms with Crippen LogP contribution in [0.25, 0.3) is 0 Å². The summed E-state index contributed by atoms with van der Waals surface area (Å²) in [5.41, 5.74) is 2.38. The summed E-state index contributed by atoms with van der Waals surface area (Å²) in [5.74, 6) is -0.407. The zero-order valence-electron chi connectivity index (χ0n) is 19.6. The molecule has 7 heteroatoms. The molecule has 4 nitrogen and oxygen atoms in total. The van der Waals surface area contributed by atoms with Gasteiger partial charge in [0.1, 0.15) is 6.04 Å². The number of rotatable bonds is 11. The highest BCUT2D eigenvalue weighted by molar-refractivity contribution is 6.35. The van der Waals surface area contributed by atoms with Crippen molar-refractivity contribution >= 4 is 46.6 Å². The third-order valence-electron chi connectivity index (χ3n) is 5.76. The maximum Gasteiger partial charge on any atom is 0.243 e. The second-order valence-electron chi connectivity index (χ2n) is 8.38. The van der Waals surface area contributed by atoms with Crippen molar-refractivity contribution in [1.29, 1.82) is 0 Å². The van der Waals surface area contributed by atoms with E-state index in [1.165, 1.54) is 0 Å². The molecule has 35 heavy (non-hydrogen) atoms. The molecule has 184 valence electrons. The van der Waals surface area contributed by atoms with Crippen LogP contribution < -0.4 is 5.32 Å². The van der Waals surface area contributed by atoms with Crippen LogP contribution in [0.2, 0.25) is 15.1 Å². The first-order chi connectivity index (χ1) is 16.9. The third-order valence-corrected chi connectivity index (χ3v) is 6.71. The summed E-state index contributed by atoms with van der Waals surface area (Å²) in [4.78, 5) is 28.8. The van der Waals surface area contributed by atoms with Crippen molar-refractivity contribution in [2.75, 3.05) is 6.54 Å². The monoisotopic (exact) mass is 530 g/mol. The summed E-state index contributed by atoms with van der Waals surface area (Å²) >= 11 is 18.9. The Morgan fingerprint density at radius 2 is 1.60 bits per heavy atom. The number of halogens is 3. The van der Waals surface area contributed by atoms with Crippen molar-refractivity contribution in [2.24, 2.45) is 0 Å². The Morgan fingerprint density at radius 3 is 2.29 bits per heavy atom. The fraction of sp³-hybridized carbons (Fsp3) is 0.286. The van der Waals surface area contributed by atoms with Gasteiger partial charge >= 0.3 is 0 Å². The molecule has 0 aromatic heterocycles. The van der Waals surface area contributed by atoms with E-state index in [4.69, 9.17) is 34.8 Å². The van der Waals surface area contributed by atoms with Crippen LogP contribution in [0.5, 0.6) is 0 Å². The van der Waals surface area contributed by atoms with E-state index in [9.17, 15) is 9.59 Å². The van der Waals surface area contributed by atoms with E-state index in [0.29, 0.717) is 39.2 Å². The second kappa shape index (κ2) is 13.5. The standard InChI is InChI=1S/C28H29Cl3N2O2/c1-2-3-15-32-28(35)26(16-20-9-5-4-6-10-20)33(19-22-13-14-23(29)18-25(22)31)27(34)17-21-11-7-8-12-24(21)30/h4-14,18,26H,2-3,15-17,19H2,1H3,(H,32,35)/t26-/m0/s1. The predicted molar refractivity (Wildman–Crippen MR) is 144 cm³/mol. The highest BCUT2D eigenvalue weighted by Gasteiger charge is 2.31. The van der Waals surface area contributed by atoms with Gasteiger partial charge in [0.25, 0.3) is 0 Å². The van der Waals surface area contributed by atoms with Crippen LogP contribution in [0.1, 0.15) is 36.5 Å². The number of hydrogen-bond donors (Lipinski definition) is 1. The summed E-state index contributed by atoms with van der Waals surface area (Å²) in [7, 11) is 0. The molecule has 3 rings (SSSR count). The molecule has 0 saturated heterocycles. The van der Waals surface area contributed by atoms with E-state index >= 15 is 0 Å². The number of amides is 2. The van der Waals surface area contributed by atoms with Gasteiger partial charge in [0, 0.05) is 34.6 Å². The second-order valence-corrected chi connectivity index (χ2v) is 9.63. The summed E-state index contributed by atoms with van der Waals surface area (Å²) in [5, 5.41) is 4.47. The van der Waals surface area contributed by atoms with Gasteiger partial charge in [0.15, 0.2) is 0 Å². The van der Waals surface area contributed by atoms with E-state index in [2.05, 4.69) is 12.2 Å². The van der Waals surface area contributed by atoms with Crippen molar-refractivity contribution in [3.63, 3.8) is 0 Å². The Morgan fingerprint density at radius 1 is 0.886 bits per heavy atom. The van der Waals surface area contributed by atoms with Crippen LogP contribution in [0.3, 0.4) is 0 Å². The lowest BCUT2D eigenvalue weighted by Gasteiger charge is -2.32. The molecule has 3 aromatic carbocycles. The molecule has 0 heterocycles. The maximum absolute atomic E-state index is 13.7. The molecule has 0 aliphatic carbocycles. The van der Waals surface area contributed by atoms with Gasteiger partial charge in [0.05, 0.1) is 6.42 Å². The summed E-state index contributed by atoms with van der Waals surface area (Å²) in [6, 6.07) is 21.4. The van der Waals surface area contributed by atoms with Crippen molar-refractivity contribution in [2.45, 2.75) is 45.2 Å². The van der Waals surface area contributed by atoms with Gasteiger partial charge < -0.3 is 10.2 Å². The van der Waals surface area contributed by atoms with Gasteiger partial charge in [-0.2, -0.15) is 0 Å². The summed E-state index contributed by atoms with van der Waals surface area (Å²) < 4.78 is 0. The zero-order valence-corrected chi connectivity index (χ0v) is 21.9. The van der Waals surface area contributed by atoms with Gasteiger partial charge in [-0.3, -0.25) is 9.59 Å². The Balaban J connectivity index is 1.98. The predicted octanol–water partition coefficient (Wildman–Crippen LogP) is 6.75. The van der Waals surface area contributed by atoms with Gasteiger partial charge in [-0.15, -0.1) is 0 Å².